The van der Waals surface area contributed by atoms with Crippen LogP contribution in [0.4, 0.5) is 0 Å². The molecular formula is C20H24N2O4. The smallest absolute Gasteiger partial charge is 0.380 e. The Balaban J connectivity index is 1.63. The van der Waals surface area contributed by atoms with Gasteiger partial charge >= 0.3 is 5.97 Å². The van der Waals surface area contributed by atoms with E-state index in [9.17, 15) is 14.4 Å². The number of aryl methyl sites for hydroxylation is 1. The van der Waals surface area contributed by atoms with Gasteiger partial charge in [0.15, 0.2) is 6.61 Å². The fraction of sp³-hybridized carbons (Fsp3) is 0.450. The second kappa shape index (κ2) is 8.17. The number of nitrogens with one attached hydrogen (secondary N) is 1. The lowest BCUT2D eigenvalue weighted by Gasteiger charge is -2.24. The number of carbonyl (C=O) groups excluding carboxylic acids is 3. The Morgan fingerprint density at radius 1 is 1.04 bits per heavy atom. The summed E-state index contributed by atoms with van der Waals surface area (Å²) in [6, 6.07) is 7.29. The number of para-hydroxylation sites is 1. The highest BCUT2D eigenvalue weighted by atomic mass is 16.5. The average Bonchev–Trinajstić information content (AvgIpc) is 2.94. The molecule has 1 aliphatic heterocycles. The monoisotopic (exact) mass is 356 g/mol. The zero-order valence-electron chi connectivity index (χ0n) is 15.0. The summed E-state index contributed by atoms with van der Waals surface area (Å²) in [4.78, 5) is 41.8. The number of benzene rings is 1. The molecule has 2 aromatic rings. The van der Waals surface area contributed by atoms with Gasteiger partial charge in [-0.15, -0.1) is 0 Å². The van der Waals surface area contributed by atoms with Crippen LogP contribution in [0, 0.1) is 6.92 Å². The Hall–Kier alpha value is -2.63. The van der Waals surface area contributed by atoms with E-state index in [1.54, 1.807) is 17.9 Å². The van der Waals surface area contributed by atoms with Gasteiger partial charge in [-0.1, -0.05) is 37.5 Å². The van der Waals surface area contributed by atoms with E-state index in [1.165, 1.54) is 6.42 Å². The maximum absolute atomic E-state index is 12.5. The molecule has 1 aromatic heterocycles. The maximum Gasteiger partial charge on any atom is 0.380 e. The standard InChI is InChI=1S/C20H24N2O4/c1-14-18(15-9-5-6-10-16(15)21-14)19(24)20(25)26-13-17(23)22-11-7-3-2-4-8-12-22/h5-6,9-10,21H,2-4,7-8,11-13H2,1H3. The zero-order chi connectivity index (χ0) is 18.5. The highest BCUT2D eigenvalue weighted by molar-refractivity contribution is 6.43. The van der Waals surface area contributed by atoms with Gasteiger partial charge in [-0.2, -0.15) is 0 Å². The fourth-order valence-electron chi connectivity index (χ4n) is 3.45. The summed E-state index contributed by atoms with van der Waals surface area (Å²) in [7, 11) is 0. The van der Waals surface area contributed by atoms with Gasteiger partial charge in [0, 0.05) is 29.7 Å². The summed E-state index contributed by atoms with van der Waals surface area (Å²) in [5.74, 6) is -1.94. The number of hydrogen-bond donors (Lipinski definition) is 1. The van der Waals surface area contributed by atoms with Crippen LogP contribution < -0.4 is 0 Å². The highest BCUT2D eigenvalue weighted by Crippen LogP contribution is 2.22. The van der Waals surface area contributed by atoms with E-state index in [-0.39, 0.29) is 12.5 Å². The molecule has 0 unspecified atom stereocenters. The number of nitrogens with zero attached hydrogens (tertiary/aromatic N) is 1. The number of esters is 1. The maximum atomic E-state index is 12.5. The molecule has 0 aliphatic carbocycles. The van der Waals surface area contributed by atoms with E-state index < -0.39 is 11.8 Å². The van der Waals surface area contributed by atoms with Crippen LogP contribution in [0.15, 0.2) is 24.3 Å². The molecule has 1 saturated heterocycles. The predicted octanol–water partition coefficient (Wildman–Crippen LogP) is 2.99. The fourth-order valence-corrected chi connectivity index (χ4v) is 3.45. The topological polar surface area (TPSA) is 79.5 Å². The number of rotatable bonds is 4. The van der Waals surface area contributed by atoms with Crippen LogP contribution in [0.3, 0.4) is 0 Å². The molecular weight excluding hydrogens is 332 g/mol. The van der Waals surface area contributed by atoms with Gasteiger partial charge in [0.2, 0.25) is 0 Å². The summed E-state index contributed by atoms with van der Waals surface area (Å²) in [5, 5.41) is 0.682. The predicted molar refractivity (Wildman–Crippen MR) is 98.0 cm³/mol. The number of H-pyrrole nitrogens is 1. The Bertz CT molecular complexity index is 816. The van der Waals surface area contributed by atoms with Crippen LogP contribution in [0.5, 0.6) is 0 Å². The van der Waals surface area contributed by atoms with E-state index in [4.69, 9.17) is 4.74 Å². The summed E-state index contributed by atoms with van der Waals surface area (Å²) in [5.41, 5.74) is 1.71. The van der Waals surface area contributed by atoms with Gasteiger partial charge in [-0.25, -0.2) is 4.79 Å². The van der Waals surface area contributed by atoms with Crippen LogP contribution in [-0.4, -0.2) is 47.2 Å². The number of ether oxygens (including phenoxy) is 1. The molecule has 6 heteroatoms. The van der Waals surface area contributed by atoms with E-state index in [0.29, 0.717) is 29.7 Å². The molecule has 0 atom stereocenters. The van der Waals surface area contributed by atoms with E-state index in [0.717, 1.165) is 31.2 Å². The molecule has 0 bridgehead atoms. The van der Waals surface area contributed by atoms with Gasteiger partial charge in [0.25, 0.3) is 11.7 Å². The van der Waals surface area contributed by atoms with Crippen LogP contribution in [0.1, 0.15) is 48.2 Å². The van der Waals surface area contributed by atoms with Gasteiger partial charge in [-0.3, -0.25) is 9.59 Å². The molecule has 138 valence electrons. The first-order valence-corrected chi connectivity index (χ1v) is 9.14. The second-order valence-electron chi connectivity index (χ2n) is 6.72. The van der Waals surface area contributed by atoms with Crippen molar-refractivity contribution in [2.75, 3.05) is 19.7 Å². The Kier molecular flexibility index (Phi) is 5.71. The van der Waals surface area contributed by atoms with Crippen LogP contribution in [0.25, 0.3) is 10.9 Å². The van der Waals surface area contributed by atoms with Crippen LogP contribution in [-0.2, 0) is 14.3 Å². The normalized spacial score (nSPS) is 15.3. The molecule has 0 saturated carbocycles. The average molecular weight is 356 g/mol. The van der Waals surface area contributed by atoms with Crippen molar-refractivity contribution in [2.24, 2.45) is 0 Å². The van der Waals surface area contributed by atoms with Gasteiger partial charge < -0.3 is 14.6 Å². The Labute approximate surface area is 152 Å². The number of aromatic amines is 1. The van der Waals surface area contributed by atoms with Crippen molar-refractivity contribution >= 4 is 28.6 Å². The molecule has 1 amide bonds. The lowest BCUT2D eigenvalue weighted by Crippen LogP contribution is -2.37. The third kappa shape index (κ3) is 3.95. The van der Waals surface area contributed by atoms with Gasteiger partial charge in [0.05, 0.1) is 5.56 Å². The van der Waals surface area contributed by atoms with Crippen molar-refractivity contribution in [1.29, 1.82) is 0 Å². The first-order chi connectivity index (χ1) is 12.6. The molecule has 1 aliphatic rings. The molecule has 2 heterocycles. The lowest BCUT2D eigenvalue weighted by atomic mass is 10.1. The summed E-state index contributed by atoms with van der Waals surface area (Å²) >= 11 is 0. The number of likely N-dealkylation sites (tertiary alicyclic amines) is 1. The summed E-state index contributed by atoms with van der Waals surface area (Å²) < 4.78 is 5.03. The molecule has 6 nitrogen and oxygen atoms in total. The molecule has 0 spiro atoms. The van der Waals surface area contributed by atoms with Crippen molar-refractivity contribution in [1.82, 2.24) is 9.88 Å². The molecule has 1 N–H and O–H groups in total. The van der Waals surface area contributed by atoms with E-state index in [2.05, 4.69) is 4.98 Å². The van der Waals surface area contributed by atoms with Gasteiger partial charge in [0.1, 0.15) is 0 Å². The number of Topliss-reactive ketones (excluding diaryl/α,β-unsaturated/α-hetero) is 1. The van der Waals surface area contributed by atoms with Crippen molar-refractivity contribution in [3.63, 3.8) is 0 Å². The van der Waals surface area contributed by atoms with Crippen LogP contribution >= 0.6 is 0 Å². The molecule has 1 aromatic carbocycles. The largest absolute Gasteiger partial charge is 0.450 e. The van der Waals surface area contributed by atoms with Crippen molar-refractivity contribution < 1.29 is 19.1 Å². The number of aromatic nitrogens is 1. The first-order valence-electron chi connectivity index (χ1n) is 9.14. The Morgan fingerprint density at radius 3 is 2.42 bits per heavy atom. The van der Waals surface area contributed by atoms with Crippen LogP contribution in [0.2, 0.25) is 0 Å². The minimum absolute atomic E-state index is 0.233. The third-order valence-electron chi connectivity index (χ3n) is 4.84. The summed E-state index contributed by atoms with van der Waals surface area (Å²) in [6.45, 7) is 2.73. The number of carbonyl (C=O) groups is 3. The number of hydrogen-bond acceptors (Lipinski definition) is 4. The van der Waals surface area contributed by atoms with Crippen molar-refractivity contribution in [3.05, 3.63) is 35.5 Å². The molecule has 3 rings (SSSR count). The lowest BCUT2D eigenvalue weighted by molar-refractivity contribution is -0.148. The van der Waals surface area contributed by atoms with Crippen molar-refractivity contribution in [2.45, 2.75) is 39.0 Å². The molecule has 1 fully saturated rings. The highest BCUT2D eigenvalue weighted by Gasteiger charge is 2.25. The number of fused-ring (bicyclic) bond motifs is 1. The van der Waals surface area contributed by atoms with E-state index in [1.807, 2.05) is 18.2 Å². The minimum Gasteiger partial charge on any atom is -0.450 e. The zero-order valence-corrected chi connectivity index (χ0v) is 15.0. The van der Waals surface area contributed by atoms with Gasteiger partial charge in [-0.05, 0) is 25.8 Å². The minimum atomic E-state index is -0.988. The number of ketones is 1. The molecule has 0 radical (unpaired) electrons. The molecule has 26 heavy (non-hydrogen) atoms. The SMILES string of the molecule is Cc1[nH]c2ccccc2c1C(=O)C(=O)OCC(=O)N1CCCCCCC1. The summed E-state index contributed by atoms with van der Waals surface area (Å²) in [6.07, 6.45) is 5.36. The number of amides is 1. The quantitative estimate of drug-likeness (QED) is 0.519. The van der Waals surface area contributed by atoms with E-state index >= 15 is 0 Å². The Morgan fingerprint density at radius 2 is 1.69 bits per heavy atom. The van der Waals surface area contributed by atoms with Crippen molar-refractivity contribution in [3.8, 4) is 0 Å². The third-order valence-corrected chi connectivity index (χ3v) is 4.84. The second-order valence-corrected chi connectivity index (χ2v) is 6.72. The first kappa shape index (κ1) is 18.2.